The van der Waals surface area contributed by atoms with Gasteiger partial charge in [-0.2, -0.15) is 0 Å². The van der Waals surface area contributed by atoms with E-state index in [-0.39, 0.29) is 6.42 Å². The van der Waals surface area contributed by atoms with Crippen molar-refractivity contribution >= 4 is 41.6 Å². The third-order valence-electron chi connectivity index (χ3n) is 3.18. The van der Waals surface area contributed by atoms with Crippen LogP contribution in [0.1, 0.15) is 33.1 Å². The van der Waals surface area contributed by atoms with Crippen molar-refractivity contribution in [2.45, 2.75) is 51.2 Å². The molecule has 0 aromatic heterocycles. The van der Waals surface area contributed by atoms with Gasteiger partial charge >= 0.3 is 17.9 Å². The van der Waals surface area contributed by atoms with Crippen molar-refractivity contribution in [1.29, 1.82) is 0 Å². The third kappa shape index (κ3) is 16.9. The number of hydrogen-bond acceptors (Lipinski definition) is 8. The Morgan fingerprint density at radius 2 is 1.39 bits per heavy atom. The van der Waals surface area contributed by atoms with Crippen molar-refractivity contribution in [2.24, 2.45) is 5.73 Å². The summed E-state index contributed by atoms with van der Waals surface area (Å²) in [7, 11) is 0. The number of rotatable bonds is 12. The maximum atomic E-state index is 12.0. The zero-order valence-electron chi connectivity index (χ0n) is 16.8. The average Bonchev–Trinajstić information content (AvgIpc) is 2.61. The second-order valence-corrected chi connectivity index (χ2v) is 6.06. The summed E-state index contributed by atoms with van der Waals surface area (Å²) in [6, 6.07) is -3.99. The molecule has 9 N–H and O–H groups in total. The number of carbonyl (C=O) groups excluding carboxylic acids is 3. The zero-order chi connectivity index (χ0) is 24.7. The average molecular weight is 450 g/mol. The molecule has 0 fully saturated rings. The van der Waals surface area contributed by atoms with Crippen LogP contribution < -0.4 is 21.7 Å². The number of nitrogens with one attached hydrogen (secondary N) is 3. The molecule has 0 aromatic rings. The molecule has 0 spiro atoms. The Labute approximate surface area is 176 Å². The normalized spacial score (nSPS) is 12.6. The van der Waals surface area contributed by atoms with Crippen LogP contribution in [0.2, 0.25) is 0 Å². The molecule has 0 saturated carbocycles. The Bertz CT molecular complexity index is 691. The van der Waals surface area contributed by atoms with Gasteiger partial charge in [0.2, 0.25) is 17.7 Å². The summed E-state index contributed by atoms with van der Waals surface area (Å²) < 4.78 is 0. The molecule has 0 aliphatic heterocycles. The lowest BCUT2D eigenvalue weighted by Crippen LogP contribution is -2.53. The summed E-state index contributed by atoms with van der Waals surface area (Å²) >= 11 is 0. The number of carbonyl (C=O) groups is 7. The maximum absolute atomic E-state index is 12.0. The lowest BCUT2D eigenvalue weighted by Gasteiger charge is -2.19. The summed E-state index contributed by atoms with van der Waals surface area (Å²) in [4.78, 5) is 76.3. The third-order valence-corrected chi connectivity index (χ3v) is 3.18. The molecule has 0 saturated heterocycles. The summed E-state index contributed by atoms with van der Waals surface area (Å²) in [6.07, 6.45) is -1.44. The van der Waals surface area contributed by atoms with Gasteiger partial charge in [-0.3, -0.25) is 33.6 Å². The minimum atomic E-state index is -1.38. The number of carboxylic acids is 4. The quantitative estimate of drug-likeness (QED) is 0.147. The van der Waals surface area contributed by atoms with Gasteiger partial charge in [-0.1, -0.05) is 0 Å². The zero-order valence-corrected chi connectivity index (χ0v) is 16.8. The van der Waals surface area contributed by atoms with Gasteiger partial charge in [0.1, 0.15) is 12.1 Å². The van der Waals surface area contributed by atoms with Gasteiger partial charge in [-0.05, 0) is 13.3 Å². The minimum absolute atomic E-state index is 0.314. The monoisotopic (exact) mass is 450 g/mol. The molecule has 0 rings (SSSR count). The van der Waals surface area contributed by atoms with E-state index in [4.69, 9.17) is 31.0 Å². The van der Waals surface area contributed by atoms with E-state index < -0.39 is 79.1 Å². The lowest BCUT2D eigenvalue weighted by atomic mass is 10.1. The van der Waals surface area contributed by atoms with Crippen LogP contribution in [0.15, 0.2) is 0 Å². The maximum Gasteiger partial charge on any atom is 0.325 e. The Hall–Kier alpha value is -3.75. The predicted octanol–water partition coefficient (Wildman–Crippen LogP) is -3.07. The van der Waals surface area contributed by atoms with Crippen molar-refractivity contribution < 1.29 is 54.0 Å². The molecule has 3 atom stereocenters. The van der Waals surface area contributed by atoms with Crippen molar-refractivity contribution in [3.05, 3.63) is 0 Å². The molecule has 31 heavy (non-hydrogen) atoms. The molecule has 0 heterocycles. The molecule has 3 unspecified atom stereocenters. The van der Waals surface area contributed by atoms with E-state index in [0.29, 0.717) is 0 Å². The Morgan fingerprint density at radius 3 is 1.81 bits per heavy atom. The Kier molecular flexibility index (Phi) is 14.4. The first-order chi connectivity index (χ1) is 14.2. The van der Waals surface area contributed by atoms with Crippen LogP contribution in [0.4, 0.5) is 0 Å². The van der Waals surface area contributed by atoms with Crippen LogP contribution >= 0.6 is 0 Å². The molecule has 3 amide bonds. The molecule has 0 radical (unpaired) electrons. The molecular weight excluding hydrogens is 424 g/mol. The smallest absolute Gasteiger partial charge is 0.325 e. The summed E-state index contributed by atoms with van der Waals surface area (Å²) in [5.74, 6) is -7.39. The molecule has 0 bridgehead atoms. The molecule has 0 aliphatic rings. The molecule has 15 heteroatoms. The van der Waals surface area contributed by atoms with Crippen molar-refractivity contribution in [1.82, 2.24) is 16.0 Å². The van der Waals surface area contributed by atoms with E-state index in [2.05, 4.69) is 16.0 Å². The van der Waals surface area contributed by atoms with E-state index in [9.17, 15) is 28.8 Å². The van der Waals surface area contributed by atoms with Crippen molar-refractivity contribution in [2.75, 3.05) is 6.54 Å². The van der Waals surface area contributed by atoms with E-state index in [0.717, 1.165) is 6.92 Å². The first-order valence-corrected chi connectivity index (χ1v) is 8.66. The van der Waals surface area contributed by atoms with E-state index in [1.807, 2.05) is 0 Å². The number of aliphatic carboxylic acids is 4. The number of amides is 3. The number of hydrogen-bond donors (Lipinski definition) is 8. The summed E-state index contributed by atoms with van der Waals surface area (Å²) in [5, 5.41) is 39.8. The number of carboxylic acid groups (broad SMARTS) is 4. The van der Waals surface area contributed by atoms with E-state index in [1.165, 1.54) is 6.92 Å². The van der Waals surface area contributed by atoms with Gasteiger partial charge in [0, 0.05) is 13.3 Å². The fourth-order valence-corrected chi connectivity index (χ4v) is 1.74. The van der Waals surface area contributed by atoms with Crippen molar-refractivity contribution in [3.63, 3.8) is 0 Å². The topological polar surface area (TPSA) is 263 Å². The second-order valence-electron chi connectivity index (χ2n) is 6.06. The van der Waals surface area contributed by atoms with Gasteiger partial charge < -0.3 is 42.1 Å². The van der Waals surface area contributed by atoms with Crippen LogP contribution in [0.25, 0.3) is 0 Å². The minimum Gasteiger partial charge on any atom is -0.481 e. The van der Waals surface area contributed by atoms with Crippen LogP contribution in [0.3, 0.4) is 0 Å². The Balaban J connectivity index is 0. The van der Waals surface area contributed by atoms with Crippen LogP contribution in [0, 0.1) is 0 Å². The van der Waals surface area contributed by atoms with Gasteiger partial charge in [0.15, 0.2) is 0 Å². The van der Waals surface area contributed by atoms with Crippen LogP contribution in [-0.2, 0) is 33.6 Å². The van der Waals surface area contributed by atoms with Gasteiger partial charge in [-0.25, -0.2) is 0 Å². The summed E-state index contributed by atoms with van der Waals surface area (Å²) in [6.45, 7) is 1.62. The highest BCUT2D eigenvalue weighted by Gasteiger charge is 2.25. The molecule has 15 nitrogen and oxygen atoms in total. The SMILES string of the molecule is CC(=O)O.CC(NC(=O)C(CCC(=O)O)NC(=O)CNC(=O)C(N)CC(=O)O)C(=O)O. The highest BCUT2D eigenvalue weighted by Crippen LogP contribution is 1.99. The first-order valence-electron chi connectivity index (χ1n) is 8.66. The van der Waals surface area contributed by atoms with Gasteiger partial charge in [0.25, 0.3) is 5.97 Å². The first kappa shape index (κ1) is 29.5. The fraction of sp³-hybridized carbons (Fsp3) is 0.562. The highest BCUT2D eigenvalue weighted by atomic mass is 16.4. The fourth-order valence-electron chi connectivity index (χ4n) is 1.74. The standard InChI is InChI=1S/C14H22N4O9.C2H4O2/c1-6(14(26)27)17-13(25)8(2-3-10(20)21)18-9(19)5-16-12(24)7(15)4-11(22)23;1-2(3)4/h6-8H,2-5,15H2,1H3,(H,16,24)(H,17,25)(H,18,19)(H,20,21)(H,22,23)(H,26,27);1H3,(H,3,4). The molecule has 0 aliphatic carbocycles. The largest absolute Gasteiger partial charge is 0.481 e. The van der Waals surface area contributed by atoms with Crippen molar-refractivity contribution in [3.8, 4) is 0 Å². The van der Waals surface area contributed by atoms with Gasteiger partial charge in [-0.15, -0.1) is 0 Å². The van der Waals surface area contributed by atoms with Gasteiger partial charge in [0.05, 0.1) is 19.0 Å². The molecule has 176 valence electrons. The van der Waals surface area contributed by atoms with Crippen LogP contribution in [-0.4, -0.2) is 86.7 Å². The second kappa shape index (κ2) is 15.1. The van der Waals surface area contributed by atoms with E-state index >= 15 is 0 Å². The number of nitrogens with two attached hydrogens (primary N) is 1. The summed E-state index contributed by atoms with van der Waals surface area (Å²) in [5.41, 5.74) is 5.31. The lowest BCUT2D eigenvalue weighted by molar-refractivity contribution is -0.142. The predicted molar refractivity (Wildman–Crippen MR) is 101 cm³/mol. The van der Waals surface area contributed by atoms with E-state index in [1.54, 1.807) is 0 Å². The molecular formula is C16H26N4O11. The molecule has 0 aromatic carbocycles. The van der Waals surface area contributed by atoms with Crippen LogP contribution in [0.5, 0.6) is 0 Å². The Morgan fingerprint density at radius 1 is 0.871 bits per heavy atom. The highest BCUT2D eigenvalue weighted by molar-refractivity contribution is 5.93.